The Morgan fingerprint density at radius 3 is 2.44 bits per heavy atom. The molecular formula is C19H21N3O2S. The second kappa shape index (κ2) is 7.35. The van der Waals surface area contributed by atoms with Crippen LogP contribution in [0.2, 0.25) is 0 Å². The molecule has 0 spiro atoms. The van der Waals surface area contributed by atoms with E-state index in [0.29, 0.717) is 22.1 Å². The molecule has 0 radical (unpaired) electrons. The molecule has 1 aliphatic rings. The molecule has 1 atom stereocenters. The highest BCUT2D eigenvalue weighted by Gasteiger charge is 2.30. The molecule has 3 rings (SSSR count). The third kappa shape index (κ3) is 4.25. The molecular weight excluding hydrogens is 334 g/mol. The maximum Gasteiger partial charge on any atom is 0.238 e. The van der Waals surface area contributed by atoms with Crippen molar-refractivity contribution in [2.45, 2.75) is 49.9 Å². The molecule has 0 unspecified atom stereocenters. The van der Waals surface area contributed by atoms with Crippen molar-refractivity contribution in [3.8, 4) is 0 Å². The highest BCUT2D eigenvalue weighted by atomic mass is 32.2. The Bertz CT molecular complexity index is 804. The summed E-state index contributed by atoms with van der Waals surface area (Å²) in [5, 5.41) is 3.18. The van der Waals surface area contributed by atoms with Crippen LogP contribution in [-0.2, 0) is 4.79 Å². The summed E-state index contributed by atoms with van der Waals surface area (Å²) in [6.07, 6.45) is 2.06. The number of carbonyl (C=O) groups excluding carboxylic acids is 2. The molecule has 0 aliphatic heterocycles. The first-order valence-corrected chi connectivity index (χ1v) is 9.22. The molecule has 1 saturated carbocycles. The second-order valence-corrected chi connectivity index (χ2v) is 7.38. The number of carbonyl (C=O) groups is 2. The highest BCUT2D eigenvalue weighted by Crippen LogP contribution is 2.37. The lowest BCUT2D eigenvalue weighted by Crippen LogP contribution is -2.30. The van der Waals surface area contributed by atoms with Crippen molar-refractivity contribution in [1.29, 1.82) is 0 Å². The van der Waals surface area contributed by atoms with Crippen molar-refractivity contribution >= 4 is 23.5 Å². The van der Waals surface area contributed by atoms with Gasteiger partial charge < -0.3 is 5.32 Å². The quantitative estimate of drug-likeness (QED) is 0.488. The predicted octanol–water partition coefficient (Wildman–Crippen LogP) is 3.41. The van der Waals surface area contributed by atoms with E-state index in [1.165, 1.54) is 18.7 Å². The van der Waals surface area contributed by atoms with Crippen LogP contribution in [0.25, 0.3) is 0 Å². The van der Waals surface area contributed by atoms with Crippen molar-refractivity contribution < 1.29 is 9.59 Å². The number of aryl methyl sites for hydroxylation is 2. The number of ketones is 1. The Kier molecular flexibility index (Phi) is 5.18. The fourth-order valence-electron chi connectivity index (χ4n) is 2.69. The van der Waals surface area contributed by atoms with Gasteiger partial charge in [0.1, 0.15) is 16.1 Å². The van der Waals surface area contributed by atoms with Crippen LogP contribution in [0.1, 0.15) is 52.5 Å². The van der Waals surface area contributed by atoms with Crippen LogP contribution in [-0.4, -0.2) is 27.7 Å². The minimum absolute atomic E-state index is 0.0397. The molecule has 1 fully saturated rings. The van der Waals surface area contributed by atoms with Gasteiger partial charge in [-0.3, -0.25) is 9.59 Å². The third-order valence-electron chi connectivity index (χ3n) is 4.01. The normalized spacial score (nSPS) is 14.8. The van der Waals surface area contributed by atoms with Crippen LogP contribution < -0.4 is 5.32 Å². The summed E-state index contributed by atoms with van der Waals surface area (Å²) in [5.41, 5.74) is 2.04. The molecule has 1 aromatic carbocycles. The Balaban J connectivity index is 1.97. The molecule has 0 saturated heterocycles. The lowest BCUT2D eigenvalue weighted by Gasteiger charge is -2.18. The van der Waals surface area contributed by atoms with Crippen LogP contribution in [0.3, 0.4) is 0 Å². The number of rotatable bonds is 6. The number of nitrogens with zero attached hydrogens (tertiary/aromatic N) is 2. The van der Waals surface area contributed by atoms with Crippen molar-refractivity contribution in [3.05, 3.63) is 53.0 Å². The van der Waals surface area contributed by atoms with Gasteiger partial charge in [-0.25, -0.2) is 9.97 Å². The minimum Gasteiger partial charge on any atom is -0.352 e. The Hall–Kier alpha value is -2.21. The number of thioether (sulfide) groups is 1. The van der Waals surface area contributed by atoms with Gasteiger partial charge in [-0.2, -0.15) is 0 Å². The molecule has 2 aromatic rings. The zero-order valence-electron chi connectivity index (χ0n) is 14.6. The molecule has 1 aromatic heterocycles. The fourth-order valence-corrected chi connectivity index (χ4v) is 3.97. The van der Waals surface area contributed by atoms with Crippen LogP contribution in [0.4, 0.5) is 0 Å². The smallest absolute Gasteiger partial charge is 0.238 e. The van der Waals surface area contributed by atoms with E-state index < -0.39 is 5.25 Å². The molecule has 130 valence electrons. The molecule has 1 amide bonds. The number of nitrogens with one attached hydrogen (secondary N) is 1. The summed E-state index contributed by atoms with van der Waals surface area (Å²) < 4.78 is 0. The van der Waals surface area contributed by atoms with Crippen LogP contribution in [0.15, 0.2) is 35.4 Å². The molecule has 25 heavy (non-hydrogen) atoms. The van der Waals surface area contributed by atoms with Gasteiger partial charge in [0, 0.05) is 6.04 Å². The number of hydrogen-bond donors (Lipinski definition) is 1. The third-order valence-corrected chi connectivity index (χ3v) is 5.25. The summed E-state index contributed by atoms with van der Waals surface area (Å²) in [7, 11) is 0. The summed E-state index contributed by atoms with van der Waals surface area (Å²) in [4.78, 5) is 33.6. The van der Waals surface area contributed by atoms with E-state index in [9.17, 15) is 9.59 Å². The number of benzene rings is 1. The van der Waals surface area contributed by atoms with Crippen LogP contribution in [0, 0.1) is 13.8 Å². The Morgan fingerprint density at radius 1 is 1.16 bits per heavy atom. The average Bonchev–Trinajstić information content (AvgIpc) is 3.36. The van der Waals surface area contributed by atoms with Gasteiger partial charge in [-0.15, -0.1) is 0 Å². The zero-order valence-corrected chi connectivity index (χ0v) is 15.4. The van der Waals surface area contributed by atoms with Crippen molar-refractivity contribution in [2.24, 2.45) is 0 Å². The lowest BCUT2D eigenvalue weighted by molar-refractivity contribution is -0.120. The SMILES string of the molecule is CC(=O)c1c(C)nc(C)nc1S[C@H](C(=O)NC1CC1)c1ccccc1. The summed E-state index contributed by atoms with van der Waals surface area (Å²) in [5.74, 6) is 0.468. The number of amides is 1. The summed E-state index contributed by atoms with van der Waals surface area (Å²) in [6, 6.07) is 9.88. The maximum atomic E-state index is 12.8. The van der Waals surface area contributed by atoms with Gasteiger partial charge in [-0.1, -0.05) is 42.1 Å². The molecule has 5 nitrogen and oxygen atoms in total. The molecule has 1 heterocycles. The lowest BCUT2D eigenvalue weighted by atomic mass is 10.1. The number of hydrogen-bond acceptors (Lipinski definition) is 5. The Labute approximate surface area is 151 Å². The Morgan fingerprint density at radius 2 is 1.84 bits per heavy atom. The van der Waals surface area contributed by atoms with Gasteiger partial charge in [-0.05, 0) is 39.2 Å². The van der Waals surface area contributed by atoms with E-state index in [-0.39, 0.29) is 17.7 Å². The van der Waals surface area contributed by atoms with E-state index in [2.05, 4.69) is 15.3 Å². The number of aromatic nitrogens is 2. The monoisotopic (exact) mass is 355 g/mol. The zero-order chi connectivity index (χ0) is 18.0. The van der Waals surface area contributed by atoms with Crippen LogP contribution >= 0.6 is 11.8 Å². The van der Waals surface area contributed by atoms with Crippen molar-refractivity contribution in [3.63, 3.8) is 0 Å². The van der Waals surface area contributed by atoms with Gasteiger partial charge in [0.15, 0.2) is 5.78 Å². The largest absolute Gasteiger partial charge is 0.352 e. The average molecular weight is 355 g/mol. The van der Waals surface area contributed by atoms with Gasteiger partial charge >= 0.3 is 0 Å². The minimum atomic E-state index is -0.450. The maximum absolute atomic E-state index is 12.8. The highest BCUT2D eigenvalue weighted by molar-refractivity contribution is 8.00. The first kappa shape index (κ1) is 17.6. The summed E-state index contributed by atoms with van der Waals surface area (Å²) >= 11 is 1.32. The first-order chi connectivity index (χ1) is 12.0. The van der Waals surface area contributed by atoms with Gasteiger partial charge in [0.2, 0.25) is 5.91 Å². The number of Topliss-reactive ketones (excluding diaryl/α,β-unsaturated/α-hetero) is 1. The molecule has 6 heteroatoms. The van der Waals surface area contributed by atoms with Crippen molar-refractivity contribution in [1.82, 2.24) is 15.3 Å². The first-order valence-electron chi connectivity index (χ1n) is 8.34. The molecule has 1 N–H and O–H groups in total. The van der Waals surface area contributed by atoms with Gasteiger partial charge in [0.05, 0.1) is 11.3 Å². The molecule has 0 bridgehead atoms. The standard InChI is InChI=1S/C19H21N3O2S/c1-11-16(12(2)23)19(21-13(3)20-11)25-17(14-7-5-4-6-8-14)18(24)22-15-9-10-15/h4-8,15,17H,9-10H2,1-3H3,(H,22,24)/t17-/m0/s1. The second-order valence-electron chi connectivity index (χ2n) is 6.28. The van der Waals surface area contributed by atoms with E-state index >= 15 is 0 Å². The molecule has 1 aliphatic carbocycles. The topological polar surface area (TPSA) is 72.0 Å². The van der Waals surface area contributed by atoms with E-state index in [1.807, 2.05) is 30.3 Å². The predicted molar refractivity (Wildman–Crippen MR) is 97.7 cm³/mol. The van der Waals surface area contributed by atoms with Crippen molar-refractivity contribution in [2.75, 3.05) is 0 Å². The fraction of sp³-hybridized carbons (Fsp3) is 0.368. The van der Waals surface area contributed by atoms with Gasteiger partial charge in [0.25, 0.3) is 0 Å². The summed E-state index contributed by atoms with van der Waals surface area (Å²) in [6.45, 7) is 5.10. The van der Waals surface area contributed by atoms with E-state index in [1.54, 1.807) is 13.8 Å². The van der Waals surface area contributed by atoms with E-state index in [0.717, 1.165) is 18.4 Å². The van der Waals surface area contributed by atoms with E-state index in [4.69, 9.17) is 0 Å². The van der Waals surface area contributed by atoms with Crippen LogP contribution in [0.5, 0.6) is 0 Å².